The van der Waals surface area contributed by atoms with E-state index in [0.29, 0.717) is 24.8 Å². The summed E-state index contributed by atoms with van der Waals surface area (Å²) in [6.45, 7) is 5.60. The Balaban J connectivity index is 1.63. The number of amides is 1. The minimum absolute atomic E-state index is 0.0247. The molecule has 1 N–H and O–H groups in total. The Labute approximate surface area is 181 Å². The number of ether oxygens (including phenoxy) is 2. The van der Waals surface area contributed by atoms with Crippen LogP contribution < -0.4 is 10.1 Å². The Kier molecular flexibility index (Phi) is 8.24. The van der Waals surface area contributed by atoms with Gasteiger partial charge >= 0.3 is 0 Å². The van der Waals surface area contributed by atoms with E-state index in [1.807, 2.05) is 43.3 Å². The summed E-state index contributed by atoms with van der Waals surface area (Å²) < 4.78 is 10.8. The van der Waals surface area contributed by atoms with Crippen molar-refractivity contribution in [3.05, 3.63) is 59.1 Å². The molecule has 0 unspecified atom stereocenters. The first kappa shape index (κ1) is 22.0. The molecule has 0 aromatic heterocycles. The van der Waals surface area contributed by atoms with Crippen LogP contribution in [0.25, 0.3) is 0 Å². The molecule has 7 heteroatoms. The van der Waals surface area contributed by atoms with E-state index >= 15 is 0 Å². The number of nitrogens with zero attached hydrogens (tertiary/aromatic N) is 1. The van der Waals surface area contributed by atoms with Crippen LogP contribution in [0.3, 0.4) is 0 Å². The van der Waals surface area contributed by atoms with Gasteiger partial charge in [-0.2, -0.15) is 0 Å². The average molecular weight is 435 g/mol. The zero-order valence-corrected chi connectivity index (χ0v) is 18.3. The summed E-state index contributed by atoms with van der Waals surface area (Å²) >= 11 is 7.46. The third-order valence-corrected chi connectivity index (χ3v) is 6.32. The minimum Gasteiger partial charge on any atom is -0.497 e. The van der Waals surface area contributed by atoms with E-state index in [4.69, 9.17) is 21.1 Å². The molecular formula is C22H27ClN2O3S. The maximum absolute atomic E-state index is 12.7. The summed E-state index contributed by atoms with van der Waals surface area (Å²) in [6, 6.07) is 15.7. The summed E-state index contributed by atoms with van der Waals surface area (Å²) in [5, 5.41) is 3.64. The first-order valence-electron chi connectivity index (χ1n) is 9.72. The van der Waals surface area contributed by atoms with Crippen LogP contribution in [-0.4, -0.2) is 56.0 Å². The number of carbonyl (C=O) groups is 1. The van der Waals surface area contributed by atoms with Crippen molar-refractivity contribution in [1.82, 2.24) is 10.2 Å². The summed E-state index contributed by atoms with van der Waals surface area (Å²) in [4.78, 5) is 16.1. The highest BCUT2D eigenvalue weighted by Crippen LogP contribution is 2.26. The van der Waals surface area contributed by atoms with Crippen LogP contribution in [0.2, 0.25) is 5.02 Å². The van der Waals surface area contributed by atoms with Crippen LogP contribution in [0.15, 0.2) is 53.4 Å². The molecule has 29 heavy (non-hydrogen) atoms. The number of methoxy groups -OCH3 is 1. The fraction of sp³-hybridized carbons (Fsp3) is 0.409. The molecule has 5 nitrogen and oxygen atoms in total. The summed E-state index contributed by atoms with van der Waals surface area (Å²) in [5.41, 5.74) is 1.16. The minimum atomic E-state index is -0.197. The molecule has 2 aromatic carbocycles. The van der Waals surface area contributed by atoms with Gasteiger partial charge in [0.2, 0.25) is 5.91 Å². The van der Waals surface area contributed by atoms with Crippen LogP contribution in [0.5, 0.6) is 5.75 Å². The number of halogens is 1. The SMILES string of the molecule is COc1ccc([C@@H](CNC(=O)[C@H](C)Sc2ccc(Cl)cc2)N2CCOCC2)cc1. The molecule has 1 heterocycles. The molecule has 1 aliphatic rings. The molecule has 2 atom stereocenters. The predicted octanol–water partition coefficient (Wildman–Crippen LogP) is 4.02. The molecule has 0 saturated carbocycles. The second-order valence-corrected chi connectivity index (χ2v) is 8.75. The van der Waals surface area contributed by atoms with Crippen LogP contribution in [-0.2, 0) is 9.53 Å². The average Bonchev–Trinajstić information content (AvgIpc) is 2.76. The third kappa shape index (κ3) is 6.37. The number of hydrogen-bond acceptors (Lipinski definition) is 5. The van der Waals surface area contributed by atoms with Crippen molar-refractivity contribution < 1.29 is 14.3 Å². The monoisotopic (exact) mass is 434 g/mol. The number of benzene rings is 2. The largest absolute Gasteiger partial charge is 0.497 e. The van der Waals surface area contributed by atoms with Gasteiger partial charge in [-0.15, -0.1) is 11.8 Å². The van der Waals surface area contributed by atoms with Gasteiger partial charge in [0, 0.05) is 29.6 Å². The predicted molar refractivity (Wildman–Crippen MR) is 118 cm³/mol. The van der Waals surface area contributed by atoms with Gasteiger partial charge < -0.3 is 14.8 Å². The smallest absolute Gasteiger partial charge is 0.233 e. The van der Waals surface area contributed by atoms with Gasteiger partial charge in [-0.3, -0.25) is 9.69 Å². The molecule has 1 amide bonds. The van der Waals surface area contributed by atoms with Crippen molar-refractivity contribution in [2.75, 3.05) is 40.0 Å². The molecule has 1 aliphatic heterocycles. The third-order valence-electron chi connectivity index (χ3n) is 4.95. The number of rotatable bonds is 8. The van der Waals surface area contributed by atoms with Crippen molar-refractivity contribution in [3.8, 4) is 5.75 Å². The van der Waals surface area contributed by atoms with Crippen molar-refractivity contribution in [1.29, 1.82) is 0 Å². The highest BCUT2D eigenvalue weighted by Gasteiger charge is 2.24. The maximum Gasteiger partial charge on any atom is 0.233 e. The lowest BCUT2D eigenvalue weighted by molar-refractivity contribution is -0.120. The molecule has 0 spiro atoms. The fourth-order valence-electron chi connectivity index (χ4n) is 3.28. The maximum atomic E-state index is 12.7. The van der Waals surface area contributed by atoms with Gasteiger partial charge in [0.05, 0.1) is 31.6 Å². The number of carbonyl (C=O) groups excluding carboxylic acids is 1. The second-order valence-electron chi connectivity index (χ2n) is 6.90. The van der Waals surface area contributed by atoms with E-state index in [0.717, 1.165) is 29.3 Å². The molecule has 0 aliphatic carbocycles. The Hall–Kier alpha value is -1.73. The Bertz CT molecular complexity index is 780. The van der Waals surface area contributed by atoms with Crippen LogP contribution >= 0.6 is 23.4 Å². The lowest BCUT2D eigenvalue weighted by atomic mass is 10.0. The van der Waals surface area contributed by atoms with Gasteiger partial charge in [0.25, 0.3) is 0 Å². The van der Waals surface area contributed by atoms with Crippen molar-refractivity contribution in [3.63, 3.8) is 0 Å². The Morgan fingerprint density at radius 3 is 2.45 bits per heavy atom. The van der Waals surface area contributed by atoms with E-state index < -0.39 is 0 Å². The molecule has 0 bridgehead atoms. The molecule has 156 valence electrons. The quantitative estimate of drug-likeness (QED) is 0.636. The zero-order chi connectivity index (χ0) is 20.6. The van der Waals surface area contributed by atoms with Crippen LogP contribution in [0.1, 0.15) is 18.5 Å². The second kappa shape index (κ2) is 10.9. The van der Waals surface area contributed by atoms with Crippen molar-refractivity contribution >= 4 is 29.3 Å². The normalized spacial score (nSPS) is 16.8. The van der Waals surface area contributed by atoms with Gasteiger partial charge in [0.15, 0.2) is 0 Å². The van der Waals surface area contributed by atoms with Crippen molar-refractivity contribution in [2.45, 2.75) is 23.1 Å². The van der Waals surface area contributed by atoms with E-state index in [-0.39, 0.29) is 17.2 Å². The highest BCUT2D eigenvalue weighted by atomic mass is 35.5. The summed E-state index contributed by atoms with van der Waals surface area (Å²) in [7, 11) is 1.66. The Morgan fingerprint density at radius 1 is 1.17 bits per heavy atom. The number of thioether (sulfide) groups is 1. The number of hydrogen-bond donors (Lipinski definition) is 1. The van der Waals surface area contributed by atoms with E-state index in [1.54, 1.807) is 7.11 Å². The number of morpholine rings is 1. The van der Waals surface area contributed by atoms with Gasteiger partial charge in [-0.05, 0) is 48.9 Å². The Morgan fingerprint density at radius 2 is 1.83 bits per heavy atom. The zero-order valence-electron chi connectivity index (χ0n) is 16.8. The topological polar surface area (TPSA) is 50.8 Å². The summed E-state index contributed by atoms with van der Waals surface area (Å²) in [5.74, 6) is 0.850. The summed E-state index contributed by atoms with van der Waals surface area (Å²) in [6.07, 6.45) is 0. The van der Waals surface area contributed by atoms with Crippen molar-refractivity contribution in [2.24, 2.45) is 0 Å². The fourth-order valence-corrected chi connectivity index (χ4v) is 4.30. The first-order chi connectivity index (χ1) is 14.1. The van der Waals surface area contributed by atoms with Gasteiger partial charge in [0.1, 0.15) is 5.75 Å². The van der Waals surface area contributed by atoms with Gasteiger partial charge in [-0.25, -0.2) is 0 Å². The first-order valence-corrected chi connectivity index (χ1v) is 11.0. The highest BCUT2D eigenvalue weighted by molar-refractivity contribution is 8.00. The standard InChI is InChI=1S/C22H27ClN2O3S/c1-16(29-20-9-5-18(23)6-10-20)22(26)24-15-21(25-11-13-28-14-12-25)17-3-7-19(27-2)8-4-17/h3-10,16,21H,11-15H2,1-2H3,(H,24,26)/t16-,21+/m0/s1. The molecule has 3 rings (SSSR count). The lowest BCUT2D eigenvalue weighted by Crippen LogP contribution is -2.44. The molecule has 1 fully saturated rings. The van der Waals surface area contributed by atoms with Crippen LogP contribution in [0, 0.1) is 0 Å². The molecular weight excluding hydrogens is 408 g/mol. The lowest BCUT2D eigenvalue weighted by Gasteiger charge is -2.35. The number of nitrogens with one attached hydrogen (secondary N) is 1. The van der Waals surface area contributed by atoms with Gasteiger partial charge in [-0.1, -0.05) is 23.7 Å². The molecule has 0 radical (unpaired) electrons. The van der Waals surface area contributed by atoms with E-state index in [9.17, 15) is 4.79 Å². The van der Waals surface area contributed by atoms with Crippen LogP contribution in [0.4, 0.5) is 0 Å². The van der Waals surface area contributed by atoms with E-state index in [2.05, 4.69) is 22.3 Å². The van der Waals surface area contributed by atoms with E-state index in [1.165, 1.54) is 11.8 Å². The molecule has 1 saturated heterocycles. The molecule has 2 aromatic rings.